The van der Waals surface area contributed by atoms with E-state index in [1.165, 1.54) is 0 Å². The number of carbonyl (C=O) groups is 1. The second-order valence-electron chi connectivity index (χ2n) is 3.58. The van der Waals surface area contributed by atoms with Crippen LogP contribution in [0.15, 0.2) is 11.1 Å². The summed E-state index contributed by atoms with van der Waals surface area (Å²) in [6, 6.07) is 0. The average molecular weight is 168 g/mol. The molecule has 0 aromatic carbocycles. The van der Waals surface area contributed by atoms with Crippen molar-refractivity contribution in [2.24, 2.45) is 5.92 Å². The summed E-state index contributed by atoms with van der Waals surface area (Å²) < 4.78 is 5.52. The van der Waals surface area contributed by atoms with Crippen LogP contribution in [-0.4, -0.2) is 23.3 Å². The van der Waals surface area contributed by atoms with E-state index in [4.69, 9.17) is 9.84 Å². The van der Waals surface area contributed by atoms with Crippen LogP contribution < -0.4 is 0 Å². The van der Waals surface area contributed by atoms with Gasteiger partial charge >= 0.3 is 5.97 Å². The predicted molar refractivity (Wildman–Crippen MR) is 42.8 cm³/mol. The van der Waals surface area contributed by atoms with Gasteiger partial charge < -0.3 is 9.84 Å². The third-order valence-electron chi connectivity index (χ3n) is 2.60. The fourth-order valence-electron chi connectivity index (χ4n) is 2.11. The molecule has 1 aliphatic carbocycles. The highest BCUT2D eigenvalue weighted by Gasteiger charge is 2.48. The van der Waals surface area contributed by atoms with Crippen LogP contribution in [0.3, 0.4) is 0 Å². The van der Waals surface area contributed by atoms with Gasteiger partial charge in [-0.3, -0.25) is 0 Å². The number of carboxylic acid groups (broad SMARTS) is 1. The van der Waals surface area contributed by atoms with Crippen LogP contribution in [0.1, 0.15) is 20.3 Å². The van der Waals surface area contributed by atoms with E-state index in [2.05, 4.69) is 0 Å². The lowest BCUT2D eigenvalue weighted by atomic mass is 10.0. The molecule has 1 fully saturated rings. The van der Waals surface area contributed by atoms with E-state index < -0.39 is 5.97 Å². The molecule has 0 aromatic heterocycles. The Kier molecular flexibility index (Phi) is 1.51. The maximum Gasteiger partial charge on any atom is 0.332 e. The maximum absolute atomic E-state index is 10.7. The van der Waals surface area contributed by atoms with Gasteiger partial charge in [0.15, 0.2) is 0 Å². The van der Waals surface area contributed by atoms with E-state index in [0.29, 0.717) is 5.57 Å². The minimum absolute atomic E-state index is 0.0647. The summed E-state index contributed by atoms with van der Waals surface area (Å²) in [7, 11) is 0. The van der Waals surface area contributed by atoms with Crippen LogP contribution in [0.25, 0.3) is 0 Å². The zero-order valence-electron chi connectivity index (χ0n) is 7.20. The first kappa shape index (κ1) is 7.80. The molecule has 3 unspecified atom stereocenters. The van der Waals surface area contributed by atoms with Gasteiger partial charge in [0.05, 0.1) is 12.2 Å². The van der Waals surface area contributed by atoms with Crippen LogP contribution in [0, 0.1) is 5.92 Å². The molecule has 66 valence electrons. The monoisotopic (exact) mass is 168 g/mol. The zero-order valence-corrected chi connectivity index (χ0v) is 7.20. The highest BCUT2D eigenvalue weighted by atomic mass is 16.5. The second-order valence-corrected chi connectivity index (χ2v) is 3.58. The van der Waals surface area contributed by atoms with Crippen LogP contribution in [-0.2, 0) is 9.53 Å². The van der Waals surface area contributed by atoms with E-state index in [0.717, 1.165) is 12.0 Å². The maximum atomic E-state index is 10.7. The minimum Gasteiger partial charge on any atom is -0.478 e. The Balaban J connectivity index is 2.16. The van der Waals surface area contributed by atoms with Crippen molar-refractivity contribution in [1.82, 2.24) is 0 Å². The number of hydrogen-bond donors (Lipinski definition) is 1. The van der Waals surface area contributed by atoms with Gasteiger partial charge in [0.2, 0.25) is 0 Å². The fraction of sp³-hybridized carbons (Fsp3) is 0.667. The van der Waals surface area contributed by atoms with Gasteiger partial charge in [-0.2, -0.15) is 0 Å². The molecule has 0 saturated carbocycles. The van der Waals surface area contributed by atoms with Crippen molar-refractivity contribution in [3.63, 3.8) is 0 Å². The lowest BCUT2D eigenvalue weighted by molar-refractivity contribution is -0.132. The van der Waals surface area contributed by atoms with Crippen LogP contribution in [0.2, 0.25) is 0 Å². The van der Waals surface area contributed by atoms with Gasteiger partial charge in [-0.15, -0.1) is 0 Å². The number of ether oxygens (including phenoxy) is 1. The summed E-state index contributed by atoms with van der Waals surface area (Å²) in [6.07, 6.45) is 1.05. The molecule has 0 aromatic rings. The molecule has 1 heterocycles. The van der Waals surface area contributed by atoms with Crippen molar-refractivity contribution < 1.29 is 14.6 Å². The predicted octanol–water partition coefficient (Wildman–Crippen LogP) is 1.19. The Hall–Kier alpha value is -0.830. The second kappa shape index (κ2) is 2.33. The highest BCUT2D eigenvalue weighted by Crippen LogP contribution is 2.49. The molecule has 3 heteroatoms. The molecule has 3 atom stereocenters. The largest absolute Gasteiger partial charge is 0.478 e. The summed E-state index contributed by atoms with van der Waals surface area (Å²) in [6.45, 7) is 3.92. The Morgan fingerprint density at radius 1 is 1.58 bits per heavy atom. The number of fused-ring (bicyclic) bond motifs is 1. The van der Waals surface area contributed by atoms with Crippen LogP contribution >= 0.6 is 0 Å². The van der Waals surface area contributed by atoms with Gasteiger partial charge in [-0.25, -0.2) is 4.79 Å². The van der Waals surface area contributed by atoms with Crippen molar-refractivity contribution in [3.05, 3.63) is 11.1 Å². The zero-order chi connectivity index (χ0) is 8.88. The quantitative estimate of drug-likeness (QED) is 0.639. The third kappa shape index (κ3) is 0.966. The molecule has 0 bridgehead atoms. The normalized spacial score (nSPS) is 39.3. The van der Waals surface area contributed by atoms with Crippen molar-refractivity contribution in [2.45, 2.75) is 32.5 Å². The lowest BCUT2D eigenvalue weighted by Gasteiger charge is -2.24. The van der Waals surface area contributed by atoms with E-state index in [-0.39, 0.29) is 18.1 Å². The first-order chi connectivity index (χ1) is 5.61. The summed E-state index contributed by atoms with van der Waals surface area (Å²) in [4.78, 5) is 10.7. The lowest BCUT2D eigenvalue weighted by Crippen LogP contribution is -2.25. The molecule has 1 saturated heterocycles. The number of carboxylic acids is 1. The Labute approximate surface area is 71.0 Å². The number of hydrogen-bond acceptors (Lipinski definition) is 2. The van der Waals surface area contributed by atoms with E-state index >= 15 is 0 Å². The van der Waals surface area contributed by atoms with Crippen LogP contribution in [0.4, 0.5) is 0 Å². The number of aliphatic carboxylic acids is 1. The van der Waals surface area contributed by atoms with Crippen molar-refractivity contribution in [3.8, 4) is 0 Å². The van der Waals surface area contributed by atoms with E-state index in [9.17, 15) is 4.79 Å². The van der Waals surface area contributed by atoms with Crippen molar-refractivity contribution in [2.75, 3.05) is 0 Å². The minimum atomic E-state index is -0.764. The Morgan fingerprint density at radius 2 is 2.25 bits per heavy atom. The molecule has 3 nitrogen and oxygen atoms in total. The van der Waals surface area contributed by atoms with Gasteiger partial charge in [-0.05, 0) is 25.8 Å². The van der Waals surface area contributed by atoms with Crippen molar-refractivity contribution in [1.29, 1.82) is 0 Å². The molecule has 12 heavy (non-hydrogen) atoms. The molecular weight excluding hydrogens is 156 g/mol. The van der Waals surface area contributed by atoms with Gasteiger partial charge in [-0.1, -0.05) is 0 Å². The van der Waals surface area contributed by atoms with E-state index in [1.54, 1.807) is 0 Å². The van der Waals surface area contributed by atoms with Crippen LogP contribution in [0.5, 0.6) is 0 Å². The summed E-state index contributed by atoms with van der Waals surface area (Å²) in [5.74, 6) is -0.641. The molecule has 1 aliphatic heterocycles. The molecule has 0 radical (unpaired) electrons. The molecule has 1 N–H and O–H groups in total. The third-order valence-corrected chi connectivity index (χ3v) is 2.60. The molecule has 0 amide bonds. The average Bonchev–Trinajstić information content (AvgIpc) is 2.60. The smallest absolute Gasteiger partial charge is 0.332 e. The Morgan fingerprint density at radius 3 is 2.83 bits per heavy atom. The molecule has 2 aliphatic rings. The summed E-state index contributed by atoms with van der Waals surface area (Å²) >= 11 is 0. The number of rotatable bonds is 1. The Bertz CT molecular complexity index is 267. The van der Waals surface area contributed by atoms with Gasteiger partial charge in [0.1, 0.15) is 0 Å². The first-order valence-electron chi connectivity index (χ1n) is 4.23. The summed E-state index contributed by atoms with van der Waals surface area (Å²) in [5.41, 5.74) is 1.71. The SMILES string of the molecule is CC1CC2=C(C(=O)O)C2C(C)O1. The standard InChI is InChI=1S/C9H12O3/c1-4-3-6-7(5(2)12-4)8(6)9(10)11/h4-5,7H,3H2,1-2H3,(H,10,11). The molecule has 2 rings (SSSR count). The van der Waals surface area contributed by atoms with E-state index in [1.807, 2.05) is 13.8 Å². The topological polar surface area (TPSA) is 46.5 Å². The van der Waals surface area contributed by atoms with Gasteiger partial charge in [0.25, 0.3) is 0 Å². The fourth-order valence-corrected chi connectivity index (χ4v) is 2.11. The summed E-state index contributed by atoms with van der Waals surface area (Å²) in [5, 5.41) is 8.77. The highest BCUT2D eigenvalue weighted by molar-refractivity contribution is 5.95. The van der Waals surface area contributed by atoms with Gasteiger partial charge in [0, 0.05) is 11.5 Å². The van der Waals surface area contributed by atoms with Crippen molar-refractivity contribution >= 4 is 5.97 Å². The molecule has 0 spiro atoms. The molecular formula is C9H12O3. The first-order valence-corrected chi connectivity index (χ1v) is 4.23.